The van der Waals surface area contributed by atoms with Crippen molar-refractivity contribution in [3.63, 3.8) is 0 Å². The first-order chi connectivity index (χ1) is 8.97. The highest BCUT2D eigenvalue weighted by molar-refractivity contribution is 5.91. The number of aliphatic hydroxyl groups excluding tert-OH is 1. The number of amides is 1. The summed E-state index contributed by atoms with van der Waals surface area (Å²) in [7, 11) is 0. The molecule has 1 aliphatic carbocycles. The van der Waals surface area contributed by atoms with E-state index in [0.717, 1.165) is 0 Å². The van der Waals surface area contributed by atoms with Crippen LogP contribution in [0, 0.1) is 11.7 Å². The molecule has 1 aliphatic rings. The Labute approximate surface area is 112 Å². The Morgan fingerprint density at radius 1 is 1.42 bits per heavy atom. The highest BCUT2D eigenvalue weighted by Crippen LogP contribution is 2.49. The van der Waals surface area contributed by atoms with Crippen molar-refractivity contribution in [2.24, 2.45) is 5.92 Å². The normalized spacial score (nSPS) is 18.2. The lowest BCUT2D eigenvalue weighted by molar-refractivity contribution is -0.124. The fourth-order valence-corrected chi connectivity index (χ4v) is 2.20. The SMILES string of the molecule is CC(C)C(O)CNC(=O)C1(c2ccccc2F)CC1. The minimum Gasteiger partial charge on any atom is -0.391 e. The second kappa shape index (κ2) is 5.29. The zero-order chi connectivity index (χ0) is 14.0. The van der Waals surface area contributed by atoms with Gasteiger partial charge in [-0.05, 0) is 24.8 Å². The summed E-state index contributed by atoms with van der Waals surface area (Å²) < 4.78 is 13.8. The van der Waals surface area contributed by atoms with Gasteiger partial charge in [-0.3, -0.25) is 4.79 Å². The Bertz CT molecular complexity index is 469. The van der Waals surface area contributed by atoms with Crippen molar-refractivity contribution in [1.29, 1.82) is 0 Å². The van der Waals surface area contributed by atoms with Crippen LogP contribution in [0.15, 0.2) is 24.3 Å². The van der Waals surface area contributed by atoms with Crippen molar-refractivity contribution in [3.05, 3.63) is 35.6 Å². The van der Waals surface area contributed by atoms with Gasteiger partial charge in [0.1, 0.15) is 5.82 Å². The molecule has 1 aromatic carbocycles. The van der Waals surface area contributed by atoms with Gasteiger partial charge in [-0.15, -0.1) is 0 Å². The molecule has 2 N–H and O–H groups in total. The summed E-state index contributed by atoms with van der Waals surface area (Å²) in [5.74, 6) is -0.430. The first kappa shape index (κ1) is 14.0. The maximum absolute atomic E-state index is 13.8. The molecule has 2 rings (SSSR count). The summed E-state index contributed by atoms with van der Waals surface area (Å²) in [6, 6.07) is 6.41. The Balaban J connectivity index is 2.05. The maximum atomic E-state index is 13.8. The minimum atomic E-state index is -0.720. The molecule has 0 saturated heterocycles. The molecule has 0 bridgehead atoms. The largest absolute Gasteiger partial charge is 0.391 e. The van der Waals surface area contributed by atoms with Gasteiger partial charge >= 0.3 is 0 Å². The van der Waals surface area contributed by atoms with Crippen LogP contribution in [0.4, 0.5) is 4.39 Å². The molecular weight excluding hydrogens is 245 g/mol. The monoisotopic (exact) mass is 265 g/mol. The number of carbonyl (C=O) groups excluding carboxylic acids is 1. The molecule has 104 valence electrons. The topological polar surface area (TPSA) is 49.3 Å². The fraction of sp³-hybridized carbons (Fsp3) is 0.533. The number of carbonyl (C=O) groups is 1. The summed E-state index contributed by atoms with van der Waals surface area (Å²) in [6.07, 6.45) is 0.759. The molecule has 0 spiro atoms. The van der Waals surface area contributed by atoms with Crippen LogP contribution in [-0.4, -0.2) is 23.7 Å². The maximum Gasteiger partial charge on any atom is 0.230 e. The summed E-state index contributed by atoms with van der Waals surface area (Å²) in [6.45, 7) is 3.99. The fourth-order valence-electron chi connectivity index (χ4n) is 2.20. The Morgan fingerprint density at radius 3 is 2.58 bits per heavy atom. The van der Waals surface area contributed by atoms with E-state index >= 15 is 0 Å². The molecule has 0 heterocycles. The van der Waals surface area contributed by atoms with Gasteiger partial charge in [0, 0.05) is 12.1 Å². The molecule has 1 fully saturated rings. The van der Waals surface area contributed by atoms with Crippen molar-refractivity contribution in [3.8, 4) is 0 Å². The molecule has 1 amide bonds. The highest BCUT2D eigenvalue weighted by Gasteiger charge is 2.52. The predicted molar refractivity (Wildman–Crippen MR) is 71.2 cm³/mol. The highest BCUT2D eigenvalue weighted by atomic mass is 19.1. The van der Waals surface area contributed by atoms with E-state index < -0.39 is 11.5 Å². The Morgan fingerprint density at radius 2 is 2.05 bits per heavy atom. The van der Waals surface area contributed by atoms with E-state index in [4.69, 9.17) is 0 Å². The molecule has 1 unspecified atom stereocenters. The summed E-state index contributed by atoms with van der Waals surface area (Å²) in [4.78, 5) is 12.2. The molecule has 1 saturated carbocycles. The van der Waals surface area contributed by atoms with Crippen LogP contribution < -0.4 is 5.32 Å². The van der Waals surface area contributed by atoms with Gasteiger partial charge in [-0.25, -0.2) is 4.39 Å². The summed E-state index contributed by atoms with van der Waals surface area (Å²) >= 11 is 0. The number of hydrogen-bond donors (Lipinski definition) is 2. The standard InChI is InChI=1S/C15H20FNO2/c1-10(2)13(18)9-17-14(19)15(7-8-15)11-5-3-4-6-12(11)16/h3-6,10,13,18H,7-9H2,1-2H3,(H,17,19). The number of aliphatic hydroxyl groups is 1. The third kappa shape index (κ3) is 2.78. The summed E-state index contributed by atoms with van der Waals surface area (Å²) in [5.41, 5.74) is -0.256. The van der Waals surface area contributed by atoms with Crippen LogP contribution >= 0.6 is 0 Å². The van der Waals surface area contributed by atoms with Crippen molar-refractivity contribution >= 4 is 5.91 Å². The van der Waals surface area contributed by atoms with E-state index in [-0.39, 0.29) is 24.2 Å². The van der Waals surface area contributed by atoms with E-state index in [0.29, 0.717) is 18.4 Å². The zero-order valence-electron chi connectivity index (χ0n) is 11.3. The second-order valence-corrected chi connectivity index (χ2v) is 5.58. The molecule has 0 aliphatic heterocycles. The number of benzene rings is 1. The average molecular weight is 265 g/mol. The average Bonchev–Trinajstić information content (AvgIpc) is 3.17. The van der Waals surface area contributed by atoms with E-state index in [1.165, 1.54) is 6.07 Å². The van der Waals surface area contributed by atoms with Crippen LogP contribution in [-0.2, 0) is 10.2 Å². The summed E-state index contributed by atoms with van der Waals surface area (Å²) in [5, 5.41) is 12.4. The second-order valence-electron chi connectivity index (χ2n) is 5.58. The smallest absolute Gasteiger partial charge is 0.230 e. The van der Waals surface area contributed by atoms with E-state index in [9.17, 15) is 14.3 Å². The lowest BCUT2D eigenvalue weighted by Gasteiger charge is -2.19. The van der Waals surface area contributed by atoms with Crippen molar-refractivity contribution in [2.45, 2.75) is 38.2 Å². The lowest BCUT2D eigenvalue weighted by atomic mass is 9.94. The Hall–Kier alpha value is -1.42. The third-order valence-electron chi connectivity index (χ3n) is 3.82. The molecule has 1 atom stereocenters. The van der Waals surface area contributed by atoms with E-state index in [1.54, 1.807) is 18.2 Å². The molecular formula is C15H20FNO2. The van der Waals surface area contributed by atoms with E-state index in [2.05, 4.69) is 5.32 Å². The van der Waals surface area contributed by atoms with Gasteiger partial charge in [-0.1, -0.05) is 32.0 Å². The number of nitrogens with one attached hydrogen (secondary N) is 1. The molecule has 0 aromatic heterocycles. The first-order valence-corrected chi connectivity index (χ1v) is 6.69. The van der Waals surface area contributed by atoms with Gasteiger partial charge in [0.05, 0.1) is 11.5 Å². The third-order valence-corrected chi connectivity index (χ3v) is 3.82. The van der Waals surface area contributed by atoms with Crippen molar-refractivity contribution in [2.75, 3.05) is 6.54 Å². The zero-order valence-corrected chi connectivity index (χ0v) is 11.3. The number of rotatable bonds is 5. The van der Waals surface area contributed by atoms with Gasteiger partial charge in [0.25, 0.3) is 0 Å². The molecule has 4 heteroatoms. The molecule has 0 radical (unpaired) electrons. The first-order valence-electron chi connectivity index (χ1n) is 6.69. The predicted octanol–water partition coefficient (Wildman–Crippen LogP) is 1.99. The van der Waals surface area contributed by atoms with Gasteiger partial charge < -0.3 is 10.4 Å². The van der Waals surface area contributed by atoms with Crippen LogP contribution in [0.1, 0.15) is 32.3 Å². The van der Waals surface area contributed by atoms with Crippen molar-refractivity contribution in [1.82, 2.24) is 5.32 Å². The van der Waals surface area contributed by atoms with Crippen LogP contribution in [0.2, 0.25) is 0 Å². The van der Waals surface area contributed by atoms with Crippen LogP contribution in [0.5, 0.6) is 0 Å². The molecule has 1 aromatic rings. The van der Waals surface area contributed by atoms with Crippen molar-refractivity contribution < 1.29 is 14.3 Å². The van der Waals surface area contributed by atoms with Crippen LogP contribution in [0.3, 0.4) is 0 Å². The van der Waals surface area contributed by atoms with Gasteiger partial charge in [0.15, 0.2) is 0 Å². The minimum absolute atomic E-state index is 0.0870. The molecule has 19 heavy (non-hydrogen) atoms. The quantitative estimate of drug-likeness (QED) is 0.855. The van der Waals surface area contributed by atoms with Gasteiger partial charge in [-0.2, -0.15) is 0 Å². The van der Waals surface area contributed by atoms with Gasteiger partial charge in [0.2, 0.25) is 5.91 Å². The van der Waals surface area contributed by atoms with E-state index in [1.807, 2.05) is 13.8 Å². The number of hydrogen-bond acceptors (Lipinski definition) is 2. The molecule has 3 nitrogen and oxygen atoms in total. The number of halogens is 1. The lowest BCUT2D eigenvalue weighted by Crippen LogP contribution is -2.40. The van der Waals surface area contributed by atoms with Crippen LogP contribution in [0.25, 0.3) is 0 Å². The Kier molecular flexibility index (Phi) is 3.90.